The molecule has 0 aliphatic carbocycles. The molecule has 1 aromatic carbocycles. The molecule has 116 valence electrons. The average molecular weight is 311 g/mol. The number of halogens is 1. The summed E-state index contributed by atoms with van der Waals surface area (Å²) in [4.78, 5) is 16.7. The molecular formula is C15H23ClN4O. The number of anilines is 2. The third-order valence-corrected chi connectivity index (χ3v) is 4.08. The van der Waals surface area contributed by atoms with Gasteiger partial charge in [0.2, 0.25) is 5.91 Å². The Labute approximate surface area is 131 Å². The first kappa shape index (κ1) is 16.1. The van der Waals surface area contributed by atoms with Crippen molar-refractivity contribution in [2.45, 2.75) is 19.9 Å². The number of rotatable bonds is 4. The predicted molar refractivity (Wildman–Crippen MR) is 87.6 cm³/mol. The first-order chi connectivity index (χ1) is 9.95. The Morgan fingerprint density at radius 3 is 2.57 bits per heavy atom. The number of carbonyl (C=O) groups excluding carboxylic acids is 1. The molecule has 1 fully saturated rings. The number of nitrogen functional groups attached to an aromatic ring is 1. The lowest BCUT2D eigenvalue weighted by Gasteiger charge is -2.36. The normalized spacial score (nSPS) is 17.1. The molecule has 1 saturated heterocycles. The van der Waals surface area contributed by atoms with Crippen LogP contribution in [-0.2, 0) is 4.79 Å². The summed E-state index contributed by atoms with van der Waals surface area (Å²) in [5, 5.41) is 3.30. The molecule has 0 unspecified atom stereocenters. The molecule has 2 rings (SSSR count). The third kappa shape index (κ3) is 4.59. The van der Waals surface area contributed by atoms with Crippen molar-refractivity contribution in [2.24, 2.45) is 0 Å². The number of hydrogen-bond donors (Lipinski definition) is 2. The van der Waals surface area contributed by atoms with Gasteiger partial charge in [0.1, 0.15) is 0 Å². The van der Waals surface area contributed by atoms with Gasteiger partial charge in [0, 0.05) is 37.9 Å². The summed E-state index contributed by atoms with van der Waals surface area (Å²) in [5.74, 6) is -0.0420. The Bertz CT molecular complexity index is 498. The van der Waals surface area contributed by atoms with E-state index >= 15 is 0 Å². The van der Waals surface area contributed by atoms with Crippen LogP contribution in [-0.4, -0.2) is 54.5 Å². The minimum atomic E-state index is -0.0420. The topological polar surface area (TPSA) is 61.6 Å². The number of benzene rings is 1. The van der Waals surface area contributed by atoms with E-state index in [1.165, 1.54) is 0 Å². The van der Waals surface area contributed by atoms with Crippen molar-refractivity contribution in [3.63, 3.8) is 0 Å². The van der Waals surface area contributed by atoms with Crippen LogP contribution in [0.3, 0.4) is 0 Å². The second-order valence-corrected chi connectivity index (χ2v) is 6.10. The fourth-order valence-electron chi connectivity index (χ4n) is 2.46. The summed E-state index contributed by atoms with van der Waals surface area (Å²) < 4.78 is 0. The molecule has 6 heteroatoms. The lowest BCUT2D eigenvalue weighted by molar-refractivity contribution is -0.117. The van der Waals surface area contributed by atoms with Crippen LogP contribution in [0.25, 0.3) is 0 Å². The van der Waals surface area contributed by atoms with Gasteiger partial charge in [0.15, 0.2) is 0 Å². The van der Waals surface area contributed by atoms with Crippen LogP contribution < -0.4 is 11.1 Å². The van der Waals surface area contributed by atoms with Crippen molar-refractivity contribution in [3.05, 3.63) is 23.2 Å². The van der Waals surface area contributed by atoms with E-state index in [1.807, 2.05) is 0 Å². The molecule has 0 atom stereocenters. The molecule has 0 aromatic heterocycles. The van der Waals surface area contributed by atoms with E-state index in [0.29, 0.717) is 29.0 Å². The van der Waals surface area contributed by atoms with E-state index in [-0.39, 0.29) is 5.91 Å². The zero-order valence-corrected chi connectivity index (χ0v) is 13.4. The van der Waals surface area contributed by atoms with Gasteiger partial charge in [-0.3, -0.25) is 14.6 Å². The number of hydrogen-bond acceptors (Lipinski definition) is 4. The Morgan fingerprint density at radius 1 is 1.33 bits per heavy atom. The minimum absolute atomic E-state index is 0.0420. The van der Waals surface area contributed by atoms with Crippen molar-refractivity contribution in [2.75, 3.05) is 43.8 Å². The quantitative estimate of drug-likeness (QED) is 0.834. The van der Waals surface area contributed by atoms with E-state index in [9.17, 15) is 4.79 Å². The number of nitrogens with two attached hydrogens (primary N) is 1. The van der Waals surface area contributed by atoms with E-state index in [2.05, 4.69) is 29.0 Å². The van der Waals surface area contributed by atoms with Crippen LogP contribution in [0.1, 0.15) is 13.8 Å². The van der Waals surface area contributed by atoms with Crippen LogP contribution in [0.15, 0.2) is 18.2 Å². The summed E-state index contributed by atoms with van der Waals surface area (Å²) in [5.41, 5.74) is 6.83. The van der Waals surface area contributed by atoms with Crippen molar-refractivity contribution >= 4 is 28.9 Å². The summed E-state index contributed by atoms with van der Waals surface area (Å²) >= 11 is 6.06. The predicted octanol–water partition coefficient (Wildman–Crippen LogP) is 1.89. The maximum Gasteiger partial charge on any atom is 0.238 e. The van der Waals surface area contributed by atoms with E-state index in [0.717, 1.165) is 26.2 Å². The van der Waals surface area contributed by atoms with Crippen molar-refractivity contribution in [1.29, 1.82) is 0 Å². The molecule has 1 heterocycles. The zero-order chi connectivity index (χ0) is 15.4. The van der Waals surface area contributed by atoms with E-state index < -0.39 is 0 Å². The van der Waals surface area contributed by atoms with Crippen LogP contribution >= 0.6 is 11.6 Å². The lowest BCUT2D eigenvalue weighted by Crippen LogP contribution is -2.50. The van der Waals surface area contributed by atoms with Crippen molar-refractivity contribution in [1.82, 2.24) is 9.80 Å². The van der Waals surface area contributed by atoms with Gasteiger partial charge in [0.25, 0.3) is 0 Å². The monoisotopic (exact) mass is 310 g/mol. The first-order valence-electron chi connectivity index (χ1n) is 7.27. The van der Waals surface area contributed by atoms with Crippen LogP contribution in [0.4, 0.5) is 11.4 Å². The standard InChI is InChI=1S/C15H23ClN4O/c1-11(2)20-7-5-19(6-8-20)10-15(21)18-14-4-3-12(17)9-13(14)16/h3-4,9,11H,5-8,10,17H2,1-2H3,(H,18,21). The molecule has 0 radical (unpaired) electrons. The maximum atomic E-state index is 12.1. The minimum Gasteiger partial charge on any atom is -0.399 e. The molecule has 5 nitrogen and oxygen atoms in total. The van der Waals surface area contributed by atoms with Gasteiger partial charge in [0.05, 0.1) is 17.3 Å². The number of carbonyl (C=O) groups is 1. The Kier molecular flexibility index (Phi) is 5.45. The summed E-state index contributed by atoms with van der Waals surface area (Å²) in [7, 11) is 0. The first-order valence-corrected chi connectivity index (χ1v) is 7.65. The molecule has 0 spiro atoms. The van der Waals surface area contributed by atoms with Crippen LogP contribution in [0.5, 0.6) is 0 Å². The third-order valence-electron chi connectivity index (χ3n) is 3.77. The van der Waals surface area contributed by atoms with Crippen LogP contribution in [0.2, 0.25) is 5.02 Å². The molecule has 1 aliphatic heterocycles. The van der Waals surface area contributed by atoms with Crippen molar-refractivity contribution in [3.8, 4) is 0 Å². The van der Waals surface area contributed by atoms with Gasteiger partial charge in [-0.05, 0) is 32.0 Å². The van der Waals surface area contributed by atoms with Gasteiger partial charge in [-0.15, -0.1) is 0 Å². The van der Waals surface area contributed by atoms with Gasteiger partial charge in [-0.25, -0.2) is 0 Å². The highest BCUT2D eigenvalue weighted by atomic mass is 35.5. The lowest BCUT2D eigenvalue weighted by atomic mass is 10.2. The Morgan fingerprint density at radius 2 is 2.00 bits per heavy atom. The summed E-state index contributed by atoms with van der Waals surface area (Å²) in [6.07, 6.45) is 0. The fraction of sp³-hybridized carbons (Fsp3) is 0.533. The Balaban J connectivity index is 1.83. The molecule has 0 bridgehead atoms. The number of nitrogens with zero attached hydrogens (tertiary/aromatic N) is 2. The zero-order valence-electron chi connectivity index (χ0n) is 12.6. The summed E-state index contributed by atoms with van der Waals surface area (Å²) in [6, 6.07) is 5.66. The highest BCUT2D eigenvalue weighted by molar-refractivity contribution is 6.34. The number of piperazine rings is 1. The smallest absolute Gasteiger partial charge is 0.238 e. The average Bonchev–Trinajstić information content (AvgIpc) is 2.42. The molecule has 1 amide bonds. The molecule has 21 heavy (non-hydrogen) atoms. The molecule has 0 saturated carbocycles. The fourth-order valence-corrected chi connectivity index (χ4v) is 2.70. The van der Waals surface area contributed by atoms with Gasteiger partial charge in [-0.1, -0.05) is 11.6 Å². The van der Waals surface area contributed by atoms with Crippen LogP contribution in [0, 0.1) is 0 Å². The molecular weight excluding hydrogens is 288 g/mol. The van der Waals surface area contributed by atoms with E-state index in [1.54, 1.807) is 18.2 Å². The SMILES string of the molecule is CC(C)N1CCN(CC(=O)Nc2ccc(N)cc2Cl)CC1. The van der Waals surface area contributed by atoms with Gasteiger partial charge < -0.3 is 11.1 Å². The molecule has 3 N–H and O–H groups in total. The second-order valence-electron chi connectivity index (χ2n) is 5.69. The van der Waals surface area contributed by atoms with Gasteiger partial charge in [-0.2, -0.15) is 0 Å². The van der Waals surface area contributed by atoms with E-state index in [4.69, 9.17) is 17.3 Å². The number of amides is 1. The largest absolute Gasteiger partial charge is 0.399 e. The highest BCUT2D eigenvalue weighted by Crippen LogP contribution is 2.23. The molecule has 1 aliphatic rings. The highest BCUT2D eigenvalue weighted by Gasteiger charge is 2.20. The summed E-state index contributed by atoms with van der Waals surface area (Å²) in [6.45, 7) is 8.65. The maximum absolute atomic E-state index is 12.1. The van der Waals surface area contributed by atoms with Gasteiger partial charge >= 0.3 is 0 Å². The number of nitrogens with one attached hydrogen (secondary N) is 1. The molecule has 1 aromatic rings. The Hall–Kier alpha value is -1.30. The van der Waals surface area contributed by atoms with Crippen molar-refractivity contribution < 1.29 is 4.79 Å². The second kappa shape index (κ2) is 7.11.